The highest BCUT2D eigenvalue weighted by molar-refractivity contribution is 6.31. The highest BCUT2D eigenvalue weighted by Crippen LogP contribution is 2.28. The number of aromatic nitrogens is 3. The van der Waals surface area contributed by atoms with Crippen molar-refractivity contribution >= 4 is 23.2 Å². The zero-order valence-electron chi connectivity index (χ0n) is 14.9. The van der Waals surface area contributed by atoms with E-state index >= 15 is 0 Å². The van der Waals surface area contributed by atoms with Crippen molar-refractivity contribution in [2.24, 2.45) is 7.05 Å². The highest BCUT2D eigenvalue weighted by atomic mass is 35.5. The van der Waals surface area contributed by atoms with E-state index in [-0.39, 0.29) is 18.0 Å². The predicted octanol–water partition coefficient (Wildman–Crippen LogP) is 3.48. The number of anilines is 1. The van der Waals surface area contributed by atoms with Gasteiger partial charge in [0.25, 0.3) is 5.91 Å². The second-order valence-corrected chi connectivity index (χ2v) is 7.12. The fourth-order valence-electron chi connectivity index (χ4n) is 3.46. The van der Waals surface area contributed by atoms with E-state index in [9.17, 15) is 4.79 Å². The Morgan fingerprint density at radius 2 is 2.04 bits per heavy atom. The summed E-state index contributed by atoms with van der Waals surface area (Å²) in [6, 6.07) is 5.87. The molecule has 1 saturated heterocycles. The molecule has 25 heavy (non-hydrogen) atoms. The first-order valence-corrected chi connectivity index (χ1v) is 9.04. The summed E-state index contributed by atoms with van der Waals surface area (Å²) in [5, 5.41) is 7.93. The highest BCUT2D eigenvalue weighted by Gasteiger charge is 2.30. The first kappa shape index (κ1) is 17.7. The summed E-state index contributed by atoms with van der Waals surface area (Å²) in [4.78, 5) is 19.4. The Bertz CT molecular complexity index is 750. The Labute approximate surface area is 153 Å². The molecule has 7 heteroatoms. The van der Waals surface area contributed by atoms with Gasteiger partial charge in [-0.1, -0.05) is 11.6 Å². The van der Waals surface area contributed by atoms with E-state index in [1.807, 2.05) is 18.0 Å². The van der Waals surface area contributed by atoms with Gasteiger partial charge < -0.3 is 10.2 Å². The zero-order chi connectivity index (χ0) is 18.0. The number of hydrogen-bond acceptors (Lipinski definition) is 4. The van der Waals surface area contributed by atoms with Gasteiger partial charge in [-0.15, -0.1) is 0 Å². The second kappa shape index (κ2) is 7.44. The monoisotopic (exact) mass is 361 g/mol. The van der Waals surface area contributed by atoms with Gasteiger partial charge in [0, 0.05) is 29.8 Å². The molecule has 0 aliphatic carbocycles. The maximum atomic E-state index is 13.2. The molecule has 1 aromatic heterocycles. The molecule has 0 saturated carbocycles. The van der Waals surface area contributed by atoms with Crippen LogP contribution in [0.3, 0.4) is 0 Å². The third-order valence-corrected chi connectivity index (χ3v) is 5.12. The molecule has 0 radical (unpaired) electrons. The smallest absolute Gasteiger partial charge is 0.256 e. The standard InChI is InChI=1S/C18H24ClN5O/c1-12-5-4-6-13(2)24(12)18(25)15-9-14(19)7-8-16(15)20-10-17-21-11-22-23(17)3/h7-9,11-13,20H,4-6,10H2,1-3H3. The summed E-state index contributed by atoms with van der Waals surface area (Å²) in [7, 11) is 1.84. The Kier molecular flexibility index (Phi) is 5.27. The number of hydrogen-bond donors (Lipinski definition) is 1. The lowest BCUT2D eigenvalue weighted by atomic mass is 9.96. The minimum atomic E-state index is 0.0302. The Morgan fingerprint density at radius 3 is 2.68 bits per heavy atom. The molecule has 1 aromatic carbocycles. The van der Waals surface area contributed by atoms with Crippen LogP contribution in [0.25, 0.3) is 0 Å². The molecule has 6 nitrogen and oxygen atoms in total. The molecule has 2 heterocycles. The molecule has 134 valence electrons. The van der Waals surface area contributed by atoms with Gasteiger partial charge in [-0.05, 0) is 51.3 Å². The number of nitrogens with one attached hydrogen (secondary N) is 1. The van der Waals surface area contributed by atoms with Crippen LogP contribution in [0.4, 0.5) is 5.69 Å². The molecule has 1 aliphatic heterocycles. The SMILES string of the molecule is CC1CCCC(C)N1C(=O)c1cc(Cl)ccc1NCc1ncnn1C. The van der Waals surface area contributed by atoms with Crippen LogP contribution in [-0.4, -0.2) is 37.7 Å². The molecular weight excluding hydrogens is 338 g/mol. The number of nitrogens with zero attached hydrogens (tertiary/aromatic N) is 4. The van der Waals surface area contributed by atoms with Gasteiger partial charge in [0.2, 0.25) is 0 Å². The first-order chi connectivity index (χ1) is 12.0. The van der Waals surface area contributed by atoms with Crippen molar-refractivity contribution in [1.29, 1.82) is 0 Å². The number of piperidine rings is 1. The molecule has 2 aromatic rings. The van der Waals surface area contributed by atoms with E-state index in [2.05, 4.69) is 29.2 Å². The van der Waals surface area contributed by atoms with Crippen LogP contribution in [0, 0.1) is 0 Å². The van der Waals surface area contributed by atoms with E-state index < -0.39 is 0 Å². The molecular formula is C18H24ClN5O. The van der Waals surface area contributed by atoms with E-state index in [1.165, 1.54) is 12.7 Å². The predicted molar refractivity (Wildman–Crippen MR) is 98.7 cm³/mol. The molecule has 0 spiro atoms. The topological polar surface area (TPSA) is 63.1 Å². The fourth-order valence-corrected chi connectivity index (χ4v) is 3.63. The fraction of sp³-hybridized carbons (Fsp3) is 0.500. The summed E-state index contributed by atoms with van der Waals surface area (Å²) in [5.41, 5.74) is 1.37. The Hall–Kier alpha value is -2.08. The summed E-state index contributed by atoms with van der Waals surface area (Å²) >= 11 is 6.17. The van der Waals surface area contributed by atoms with Gasteiger partial charge in [-0.2, -0.15) is 5.10 Å². The molecule has 0 bridgehead atoms. The quantitative estimate of drug-likeness (QED) is 0.905. The van der Waals surface area contributed by atoms with Crippen molar-refractivity contribution in [2.45, 2.75) is 51.7 Å². The first-order valence-electron chi connectivity index (χ1n) is 8.66. The number of carbonyl (C=O) groups excluding carboxylic acids is 1. The summed E-state index contributed by atoms with van der Waals surface area (Å²) < 4.78 is 1.71. The largest absolute Gasteiger partial charge is 0.377 e. The third-order valence-electron chi connectivity index (χ3n) is 4.88. The number of rotatable bonds is 4. The van der Waals surface area contributed by atoms with Gasteiger partial charge in [0.15, 0.2) is 0 Å². The van der Waals surface area contributed by atoms with E-state index in [0.717, 1.165) is 24.4 Å². The molecule has 3 rings (SSSR count). The molecule has 1 N–H and O–H groups in total. The maximum Gasteiger partial charge on any atom is 0.256 e. The van der Waals surface area contributed by atoms with Crippen molar-refractivity contribution < 1.29 is 4.79 Å². The van der Waals surface area contributed by atoms with Crippen LogP contribution in [0.15, 0.2) is 24.5 Å². The van der Waals surface area contributed by atoms with Crippen LogP contribution < -0.4 is 5.32 Å². The van der Waals surface area contributed by atoms with Gasteiger partial charge in [-0.25, -0.2) is 4.98 Å². The van der Waals surface area contributed by atoms with Crippen molar-refractivity contribution in [3.63, 3.8) is 0 Å². The van der Waals surface area contributed by atoms with E-state index in [4.69, 9.17) is 11.6 Å². The Balaban J connectivity index is 1.85. The van der Waals surface area contributed by atoms with Gasteiger partial charge in [-0.3, -0.25) is 9.48 Å². The molecule has 2 atom stereocenters. The van der Waals surface area contributed by atoms with Crippen molar-refractivity contribution in [3.05, 3.63) is 40.9 Å². The maximum absolute atomic E-state index is 13.2. The minimum Gasteiger partial charge on any atom is -0.377 e. The number of halogens is 1. The lowest BCUT2D eigenvalue weighted by molar-refractivity contribution is 0.0512. The molecule has 1 amide bonds. The van der Waals surface area contributed by atoms with E-state index in [0.29, 0.717) is 17.1 Å². The van der Waals surface area contributed by atoms with Crippen LogP contribution in [0.5, 0.6) is 0 Å². The number of amides is 1. The molecule has 1 fully saturated rings. The van der Waals surface area contributed by atoms with Crippen molar-refractivity contribution in [3.8, 4) is 0 Å². The average Bonchev–Trinajstić information content (AvgIpc) is 2.98. The summed E-state index contributed by atoms with van der Waals surface area (Å²) in [6.07, 6.45) is 4.76. The van der Waals surface area contributed by atoms with Crippen molar-refractivity contribution in [2.75, 3.05) is 5.32 Å². The van der Waals surface area contributed by atoms with Crippen LogP contribution >= 0.6 is 11.6 Å². The summed E-state index contributed by atoms with van der Waals surface area (Å²) in [6.45, 7) is 4.72. The lowest BCUT2D eigenvalue weighted by Gasteiger charge is -2.39. The lowest BCUT2D eigenvalue weighted by Crippen LogP contribution is -2.47. The number of carbonyl (C=O) groups is 1. The molecule has 2 unspecified atom stereocenters. The van der Waals surface area contributed by atoms with Gasteiger partial charge in [0.05, 0.1) is 12.1 Å². The zero-order valence-corrected chi connectivity index (χ0v) is 15.6. The number of aryl methyl sites for hydroxylation is 1. The van der Waals surface area contributed by atoms with Crippen molar-refractivity contribution in [1.82, 2.24) is 19.7 Å². The second-order valence-electron chi connectivity index (χ2n) is 6.68. The minimum absolute atomic E-state index is 0.0302. The van der Waals surface area contributed by atoms with Crippen LogP contribution in [0.1, 0.15) is 49.3 Å². The normalized spacial score (nSPS) is 20.6. The average molecular weight is 362 g/mol. The van der Waals surface area contributed by atoms with Crippen LogP contribution in [-0.2, 0) is 13.6 Å². The van der Waals surface area contributed by atoms with Gasteiger partial charge in [0.1, 0.15) is 12.2 Å². The summed E-state index contributed by atoms with van der Waals surface area (Å²) in [5.74, 6) is 0.829. The van der Waals surface area contributed by atoms with E-state index in [1.54, 1.807) is 16.8 Å². The number of benzene rings is 1. The third kappa shape index (κ3) is 3.79. The number of likely N-dealkylation sites (tertiary alicyclic amines) is 1. The Morgan fingerprint density at radius 1 is 1.32 bits per heavy atom. The van der Waals surface area contributed by atoms with Gasteiger partial charge >= 0.3 is 0 Å². The molecule has 1 aliphatic rings. The van der Waals surface area contributed by atoms with Crippen LogP contribution in [0.2, 0.25) is 5.02 Å².